The second-order valence-corrected chi connectivity index (χ2v) is 7.47. The van der Waals surface area contributed by atoms with Crippen LogP contribution in [0.5, 0.6) is 0 Å². The number of hydrogen-bond donors (Lipinski definition) is 3. The second kappa shape index (κ2) is 6.93. The van der Waals surface area contributed by atoms with E-state index in [4.69, 9.17) is 0 Å². The average Bonchev–Trinajstić information content (AvgIpc) is 3.31. The topological polar surface area (TPSA) is 116 Å². The van der Waals surface area contributed by atoms with Crippen molar-refractivity contribution in [3.05, 3.63) is 52.3 Å². The molecule has 148 valence electrons. The summed E-state index contributed by atoms with van der Waals surface area (Å²) in [6.45, 7) is 2.36. The van der Waals surface area contributed by atoms with E-state index in [9.17, 15) is 14.4 Å². The van der Waals surface area contributed by atoms with Crippen LogP contribution in [-0.4, -0.2) is 38.6 Å². The molecule has 1 saturated heterocycles. The number of amides is 3. The van der Waals surface area contributed by atoms with Crippen LogP contribution < -0.4 is 16.0 Å². The fourth-order valence-electron chi connectivity index (χ4n) is 4.13. The van der Waals surface area contributed by atoms with Gasteiger partial charge in [-0.2, -0.15) is 0 Å². The van der Waals surface area contributed by atoms with Gasteiger partial charge < -0.3 is 15.5 Å². The molecule has 29 heavy (non-hydrogen) atoms. The number of imide groups is 1. The Kier molecular flexibility index (Phi) is 4.24. The third kappa shape index (κ3) is 3.13. The molecule has 3 N–H and O–H groups in total. The van der Waals surface area contributed by atoms with E-state index in [1.165, 1.54) is 0 Å². The van der Waals surface area contributed by atoms with Crippen LogP contribution in [0.25, 0.3) is 0 Å². The van der Waals surface area contributed by atoms with Gasteiger partial charge in [0.1, 0.15) is 6.04 Å². The first kappa shape index (κ1) is 17.7. The Morgan fingerprint density at radius 3 is 2.97 bits per heavy atom. The Labute approximate surface area is 166 Å². The van der Waals surface area contributed by atoms with Gasteiger partial charge in [-0.25, -0.2) is 9.97 Å². The van der Waals surface area contributed by atoms with Crippen LogP contribution in [0, 0.1) is 0 Å². The highest BCUT2D eigenvalue weighted by Crippen LogP contribution is 2.30. The molecule has 0 aliphatic carbocycles. The molecule has 3 aliphatic rings. The summed E-state index contributed by atoms with van der Waals surface area (Å²) in [5.74, 6) is -0.306. The lowest BCUT2D eigenvalue weighted by molar-refractivity contribution is -0.136. The van der Waals surface area contributed by atoms with Crippen LogP contribution in [0.1, 0.15) is 45.6 Å². The van der Waals surface area contributed by atoms with Gasteiger partial charge in [0, 0.05) is 49.9 Å². The van der Waals surface area contributed by atoms with Crippen molar-refractivity contribution in [2.45, 2.75) is 45.1 Å². The Hall–Kier alpha value is -3.33. The van der Waals surface area contributed by atoms with Crippen molar-refractivity contribution in [1.82, 2.24) is 25.5 Å². The lowest BCUT2D eigenvalue weighted by atomic mass is 10.0. The molecule has 1 aromatic carbocycles. The van der Waals surface area contributed by atoms with Crippen LogP contribution >= 0.6 is 0 Å². The third-order valence-electron chi connectivity index (χ3n) is 5.68. The minimum Gasteiger partial charge on any atom is -0.350 e. The smallest absolute Gasteiger partial charge is 0.255 e. The zero-order valence-electron chi connectivity index (χ0n) is 15.7. The molecule has 5 rings (SSSR count). The van der Waals surface area contributed by atoms with Crippen LogP contribution in [-0.2, 0) is 35.8 Å². The van der Waals surface area contributed by atoms with E-state index >= 15 is 0 Å². The Bertz CT molecular complexity index is 1040. The average molecular weight is 392 g/mol. The van der Waals surface area contributed by atoms with Gasteiger partial charge >= 0.3 is 0 Å². The molecule has 0 bridgehead atoms. The minimum absolute atomic E-state index is 0.170. The van der Waals surface area contributed by atoms with Crippen molar-refractivity contribution in [3.8, 4) is 0 Å². The number of piperidine rings is 1. The van der Waals surface area contributed by atoms with Gasteiger partial charge in [-0.1, -0.05) is 12.1 Å². The number of nitrogens with one attached hydrogen (secondary N) is 3. The summed E-state index contributed by atoms with van der Waals surface area (Å²) in [5.41, 5.74) is 4.58. The number of aromatic nitrogens is 2. The maximum atomic E-state index is 12.9. The number of fused-ring (bicyclic) bond motifs is 2. The van der Waals surface area contributed by atoms with E-state index in [0.29, 0.717) is 31.0 Å². The highest BCUT2D eigenvalue weighted by Gasteiger charge is 2.39. The predicted octanol–water partition coefficient (Wildman–Crippen LogP) is 0.453. The quantitative estimate of drug-likeness (QED) is 0.647. The van der Waals surface area contributed by atoms with Gasteiger partial charge in [0.15, 0.2) is 0 Å². The summed E-state index contributed by atoms with van der Waals surface area (Å²) in [4.78, 5) is 47.0. The number of rotatable bonds is 4. The highest BCUT2D eigenvalue weighted by molar-refractivity contribution is 6.05. The third-order valence-corrected chi connectivity index (χ3v) is 5.68. The number of anilines is 1. The van der Waals surface area contributed by atoms with Gasteiger partial charge in [0.2, 0.25) is 17.8 Å². The zero-order chi connectivity index (χ0) is 20.0. The monoisotopic (exact) mass is 392 g/mol. The lowest BCUT2D eigenvalue weighted by Gasteiger charge is -2.29. The van der Waals surface area contributed by atoms with Crippen LogP contribution in [0.3, 0.4) is 0 Å². The van der Waals surface area contributed by atoms with E-state index in [0.717, 1.165) is 35.5 Å². The first-order valence-electron chi connectivity index (χ1n) is 9.65. The molecule has 1 unspecified atom stereocenters. The molecule has 9 nitrogen and oxygen atoms in total. The summed E-state index contributed by atoms with van der Waals surface area (Å²) < 4.78 is 0. The fraction of sp³-hybridized carbons (Fsp3) is 0.350. The molecular weight excluding hydrogens is 372 g/mol. The molecule has 4 heterocycles. The van der Waals surface area contributed by atoms with Crippen molar-refractivity contribution in [2.24, 2.45) is 0 Å². The zero-order valence-corrected chi connectivity index (χ0v) is 15.7. The van der Waals surface area contributed by atoms with Crippen LogP contribution in [0.4, 0.5) is 5.95 Å². The molecule has 3 amide bonds. The molecule has 0 saturated carbocycles. The SMILES string of the molecule is O=C1CCC(N2Cc3c(CNc4ncc5c(n4)CNC5)cccc3C2=O)C(=O)N1. The Balaban J connectivity index is 1.34. The van der Waals surface area contributed by atoms with Crippen LogP contribution in [0.15, 0.2) is 24.4 Å². The van der Waals surface area contributed by atoms with Gasteiger partial charge in [0.05, 0.1) is 5.69 Å². The van der Waals surface area contributed by atoms with E-state index in [-0.39, 0.29) is 18.2 Å². The van der Waals surface area contributed by atoms with Gasteiger partial charge in [-0.15, -0.1) is 0 Å². The number of carbonyl (C=O) groups is 3. The summed E-state index contributed by atoms with van der Waals surface area (Å²) in [6.07, 6.45) is 2.43. The highest BCUT2D eigenvalue weighted by atomic mass is 16.2. The van der Waals surface area contributed by atoms with Crippen molar-refractivity contribution >= 4 is 23.7 Å². The molecule has 3 aliphatic heterocycles. The standard InChI is InChI=1S/C20H20N6O3/c27-17-5-4-16(18(28)25-17)26-10-14-11(2-1-3-13(14)19(26)29)7-22-20-23-8-12-6-21-9-15(12)24-20/h1-3,8,16,21H,4-7,9-10H2,(H,22,23,24)(H,25,27,28). The fourth-order valence-corrected chi connectivity index (χ4v) is 4.13. The summed E-state index contributed by atoms with van der Waals surface area (Å²) >= 11 is 0. The summed E-state index contributed by atoms with van der Waals surface area (Å²) in [5, 5.41) is 8.81. The molecule has 9 heteroatoms. The van der Waals surface area contributed by atoms with Gasteiger partial charge in [-0.3, -0.25) is 19.7 Å². The van der Waals surface area contributed by atoms with Crippen molar-refractivity contribution in [3.63, 3.8) is 0 Å². The maximum absolute atomic E-state index is 12.9. The largest absolute Gasteiger partial charge is 0.350 e. The molecule has 0 spiro atoms. The minimum atomic E-state index is -0.610. The molecule has 1 atom stereocenters. The van der Waals surface area contributed by atoms with E-state index in [2.05, 4.69) is 25.9 Å². The first-order valence-corrected chi connectivity index (χ1v) is 9.65. The Morgan fingerprint density at radius 2 is 2.10 bits per heavy atom. The van der Waals surface area contributed by atoms with Crippen molar-refractivity contribution < 1.29 is 14.4 Å². The van der Waals surface area contributed by atoms with Gasteiger partial charge in [0.25, 0.3) is 5.91 Å². The molecule has 1 fully saturated rings. The van der Waals surface area contributed by atoms with E-state index in [1.54, 1.807) is 11.0 Å². The summed E-state index contributed by atoms with van der Waals surface area (Å²) in [6, 6.07) is 4.97. The maximum Gasteiger partial charge on any atom is 0.255 e. The molecular formula is C20H20N6O3. The number of hydrogen-bond acceptors (Lipinski definition) is 7. The predicted molar refractivity (Wildman–Crippen MR) is 102 cm³/mol. The molecule has 2 aromatic rings. The molecule has 0 radical (unpaired) electrons. The lowest BCUT2D eigenvalue weighted by Crippen LogP contribution is -2.52. The number of carbonyl (C=O) groups excluding carboxylic acids is 3. The van der Waals surface area contributed by atoms with Crippen molar-refractivity contribution in [1.29, 1.82) is 0 Å². The normalized spacial score (nSPS) is 20.5. The first-order chi connectivity index (χ1) is 14.1. The Morgan fingerprint density at radius 1 is 1.21 bits per heavy atom. The summed E-state index contributed by atoms with van der Waals surface area (Å²) in [7, 11) is 0. The van der Waals surface area contributed by atoms with Gasteiger partial charge in [-0.05, 0) is 23.6 Å². The molecule has 1 aromatic heterocycles. The van der Waals surface area contributed by atoms with Crippen molar-refractivity contribution in [2.75, 3.05) is 5.32 Å². The van der Waals surface area contributed by atoms with E-state index in [1.807, 2.05) is 18.3 Å². The van der Waals surface area contributed by atoms with E-state index < -0.39 is 11.9 Å². The number of nitrogens with zero attached hydrogens (tertiary/aromatic N) is 3. The number of benzene rings is 1. The van der Waals surface area contributed by atoms with Crippen LogP contribution in [0.2, 0.25) is 0 Å². The second-order valence-electron chi connectivity index (χ2n) is 7.47.